The molecule has 0 fully saturated rings. The van der Waals surface area contributed by atoms with Gasteiger partial charge >= 0.3 is 5.97 Å². The largest absolute Gasteiger partial charge is 0.465 e. The smallest absolute Gasteiger partial charge is 0.341 e. The van der Waals surface area contributed by atoms with Crippen molar-refractivity contribution in [2.75, 3.05) is 12.4 Å². The molecule has 1 amide bonds. The van der Waals surface area contributed by atoms with Gasteiger partial charge in [-0.1, -0.05) is 11.6 Å². The number of rotatable bonds is 2. The molecule has 4 N–H and O–H groups in total. The predicted molar refractivity (Wildman–Crippen MR) is 79.0 cm³/mol. The highest BCUT2D eigenvalue weighted by Gasteiger charge is 2.26. The number of hydrogen-bond donors (Lipinski definition) is 3. The van der Waals surface area contributed by atoms with Crippen molar-refractivity contribution in [3.63, 3.8) is 0 Å². The first kappa shape index (κ1) is 15.3. The topological polar surface area (TPSA) is 114 Å². The van der Waals surface area contributed by atoms with E-state index in [1.807, 2.05) is 0 Å². The number of anilines is 1. The third-order valence-electron chi connectivity index (χ3n) is 3.38. The fraction of sp³-hybridized carbons (Fsp3) is 0.462. The van der Waals surface area contributed by atoms with E-state index in [2.05, 4.69) is 10.5 Å². The molecular weight excluding hydrogens is 294 g/mol. The van der Waals surface area contributed by atoms with Crippen LogP contribution in [0.15, 0.2) is 5.16 Å². The number of oxime groups is 1. The molecule has 114 valence electrons. The van der Waals surface area contributed by atoms with Crippen molar-refractivity contribution < 1.29 is 19.5 Å². The van der Waals surface area contributed by atoms with E-state index in [4.69, 9.17) is 15.7 Å². The maximum Gasteiger partial charge on any atom is 0.341 e. The lowest BCUT2D eigenvalue weighted by molar-refractivity contribution is -0.110. The minimum absolute atomic E-state index is 0.387. The van der Waals surface area contributed by atoms with Crippen LogP contribution in [0.5, 0.6) is 0 Å². The number of amides is 1. The van der Waals surface area contributed by atoms with E-state index in [0.717, 1.165) is 42.5 Å². The summed E-state index contributed by atoms with van der Waals surface area (Å²) in [7, 11) is 1.30. The third-order valence-corrected chi connectivity index (χ3v) is 4.59. The molecule has 1 aliphatic rings. The Bertz CT molecular complexity index is 594. The summed E-state index contributed by atoms with van der Waals surface area (Å²) in [5.41, 5.74) is 6.58. The van der Waals surface area contributed by atoms with Crippen LogP contribution in [0.2, 0.25) is 0 Å². The van der Waals surface area contributed by atoms with Gasteiger partial charge in [0.05, 0.1) is 12.7 Å². The number of carbonyl (C=O) groups is 2. The SMILES string of the molecule is COC(=O)c1c(NC(=O)/C(N)=N\O)sc2c1CCCCC2. The van der Waals surface area contributed by atoms with E-state index in [1.54, 1.807) is 0 Å². The zero-order valence-corrected chi connectivity index (χ0v) is 12.5. The Hall–Kier alpha value is -2.09. The van der Waals surface area contributed by atoms with Crippen molar-refractivity contribution in [2.24, 2.45) is 10.9 Å². The molecule has 0 aliphatic heterocycles. The van der Waals surface area contributed by atoms with E-state index < -0.39 is 17.7 Å². The van der Waals surface area contributed by atoms with Gasteiger partial charge in [0.15, 0.2) is 0 Å². The van der Waals surface area contributed by atoms with Gasteiger partial charge in [0.2, 0.25) is 5.84 Å². The van der Waals surface area contributed by atoms with E-state index in [-0.39, 0.29) is 0 Å². The Morgan fingerprint density at radius 2 is 2.05 bits per heavy atom. The summed E-state index contributed by atoms with van der Waals surface area (Å²) < 4.78 is 4.82. The molecule has 0 atom stereocenters. The van der Waals surface area contributed by atoms with Crippen molar-refractivity contribution in [3.05, 3.63) is 16.0 Å². The molecule has 0 saturated carbocycles. The van der Waals surface area contributed by atoms with Crippen LogP contribution in [-0.2, 0) is 22.4 Å². The summed E-state index contributed by atoms with van der Waals surface area (Å²) in [5, 5.41) is 14.1. The monoisotopic (exact) mass is 311 g/mol. The molecule has 1 aromatic rings. The lowest BCUT2D eigenvalue weighted by Gasteiger charge is -2.06. The van der Waals surface area contributed by atoms with Gasteiger partial charge in [-0.05, 0) is 31.2 Å². The standard InChI is InChI=1S/C13H17N3O4S/c1-20-13(18)9-7-5-3-2-4-6-8(7)21-12(9)15-11(17)10(14)16-19/h19H,2-6H2,1H3,(H2,14,16)(H,15,17). The van der Waals surface area contributed by atoms with E-state index in [9.17, 15) is 9.59 Å². The number of nitrogens with zero attached hydrogens (tertiary/aromatic N) is 1. The second-order valence-electron chi connectivity index (χ2n) is 4.70. The van der Waals surface area contributed by atoms with Gasteiger partial charge in [-0.3, -0.25) is 4.79 Å². The van der Waals surface area contributed by atoms with Crippen molar-refractivity contribution in [1.82, 2.24) is 0 Å². The minimum Gasteiger partial charge on any atom is -0.465 e. The second-order valence-corrected chi connectivity index (χ2v) is 5.80. The molecule has 8 heteroatoms. The number of nitrogens with one attached hydrogen (secondary N) is 1. The Labute approximate surface area is 125 Å². The number of methoxy groups -OCH3 is 1. The number of esters is 1. The Balaban J connectivity index is 2.40. The normalized spacial score (nSPS) is 15.0. The number of fused-ring (bicyclic) bond motifs is 1. The van der Waals surface area contributed by atoms with Crippen LogP contribution in [0.4, 0.5) is 5.00 Å². The first-order chi connectivity index (χ1) is 10.1. The maximum absolute atomic E-state index is 12.0. The summed E-state index contributed by atoms with van der Waals surface area (Å²) in [6.07, 6.45) is 4.84. The molecule has 0 radical (unpaired) electrons. The summed E-state index contributed by atoms with van der Waals surface area (Å²) in [6, 6.07) is 0. The van der Waals surface area contributed by atoms with Gasteiger partial charge in [0.1, 0.15) is 5.00 Å². The minimum atomic E-state index is -0.751. The fourth-order valence-corrected chi connectivity index (χ4v) is 3.63. The molecule has 7 nitrogen and oxygen atoms in total. The Morgan fingerprint density at radius 1 is 1.33 bits per heavy atom. The Kier molecular flexibility index (Phi) is 4.79. The van der Waals surface area contributed by atoms with Crippen molar-refractivity contribution in [3.8, 4) is 0 Å². The average molecular weight is 311 g/mol. The van der Waals surface area contributed by atoms with Crippen LogP contribution in [0.25, 0.3) is 0 Å². The van der Waals surface area contributed by atoms with Crippen LogP contribution in [0, 0.1) is 0 Å². The molecule has 1 heterocycles. The van der Waals surface area contributed by atoms with Gasteiger partial charge in [-0.15, -0.1) is 11.3 Å². The lowest BCUT2D eigenvalue weighted by atomic mass is 10.1. The number of hydrogen-bond acceptors (Lipinski definition) is 6. The average Bonchev–Trinajstić information content (AvgIpc) is 2.67. The van der Waals surface area contributed by atoms with Crippen molar-refractivity contribution >= 4 is 34.0 Å². The van der Waals surface area contributed by atoms with Crippen LogP contribution in [0.1, 0.15) is 40.1 Å². The number of amidine groups is 1. The molecule has 1 aromatic heterocycles. The quantitative estimate of drug-likeness (QED) is 0.191. The molecule has 0 bridgehead atoms. The second kappa shape index (κ2) is 6.57. The maximum atomic E-state index is 12.0. The van der Waals surface area contributed by atoms with Gasteiger partial charge in [0, 0.05) is 4.88 Å². The number of ether oxygens (including phenoxy) is 1. The van der Waals surface area contributed by atoms with E-state index in [0.29, 0.717) is 10.6 Å². The van der Waals surface area contributed by atoms with Crippen LogP contribution in [0.3, 0.4) is 0 Å². The predicted octanol–water partition coefficient (Wildman–Crippen LogP) is 1.49. The number of thiophene rings is 1. The molecule has 0 saturated heterocycles. The van der Waals surface area contributed by atoms with Crippen LogP contribution < -0.4 is 11.1 Å². The fourth-order valence-electron chi connectivity index (χ4n) is 2.36. The van der Waals surface area contributed by atoms with Gasteiger partial charge < -0.3 is 21.0 Å². The summed E-state index contributed by atoms with van der Waals surface area (Å²) in [4.78, 5) is 24.8. The third kappa shape index (κ3) is 3.15. The molecule has 0 spiro atoms. The molecule has 21 heavy (non-hydrogen) atoms. The first-order valence-electron chi connectivity index (χ1n) is 6.60. The molecule has 0 aromatic carbocycles. The highest BCUT2D eigenvalue weighted by molar-refractivity contribution is 7.17. The van der Waals surface area contributed by atoms with Gasteiger partial charge in [-0.2, -0.15) is 0 Å². The van der Waals surface area contributed by atoms with E-state index in [1.165, 1.54) is 18.4 Å². The van der Waals surface area contributed by atoms with Crippen LogP contribution in [-0.4, -0.2) is 30.0 Å². The van der Waals surface area contributed by atoms with Crippen molar-refractivity contribution in [2.45, 2.75) is 32.1 Å². The number of carbonyl (C=O) groups excluding carboxylic acids is 2. The highest BCUT2D eigenvalue weighted by atomic mass is 32.1. The molecule has 1 aliphatic carbocycles. The highest BCUT2D eigenvalue weighted by Crippen LogP contribution is 2.37. The van der Waals surface area contributed by atoms with Crippen LogP contribution >= 0.6 is 11.3 Å². The van der Waals surface area contributed by atoms with Gasteiger partial charge in [-0.25, -0.2) is 4.79 Å². The Morgan fingerprint density at radius 3 is 2.71 bits per heavy atom. The number of nitrogens with two attached hydrogens (primary N) is 1. The molecule has 2 rings (SSSR count). The zero-order valence-electron chi connectivity index (χ0n) is 11.6. The van der Waals surface area contributed by atoms with E-state index >= 15 is 0 Å². The molecular formula is C13H17N3O4S. The molecule has 0 unspecified atom stereocenters. The number of aryl methyl sites for hydroxylation is 1. The summed E-state index contributed by atoms with van der Waals surface area (Å²) >= 11 is 1.35. The zero-order chi connectivity index (χ0) is 15.4. The lowest BCUT2D eigenvalue weighted by Crippen LogP contribution is -2.30. The van der Waals surface area contributed by atoms with Crippen molar-refractivity contribution in [1.29, 1.82) is 0 Å². The van der Waals surface area contributed by atoms with Gasteiger partial charge in [0.25, 0.3) is 5.91 Å². The first-order valence-corrected chi connectivity index (χ1v) is 7.41. The summed E-state index contributed by atoms with van der Waals surface area (Å²) in [6.45, 7) is 0. The summed E-state index contributed by atoms with van der Waals surface area (Å²) in [5.74, 6) is -1.79.